The highest BCUT2D eigenvalue weighted by Gasteiger charge is 2.36. The van der Waals surface area contributed by atoms with Crippen LogP contribution in [-0.4, -0.2) is 28.4 Å². The minimum atomic E-state index is -0.521. The van der Waals surface area contributed by atoms with Gasteiger partial charge in [-0.2, -0.15) is 0 Å². The molecule has 0 atom stereocenters. The van der Waals surface area contributed by atoms with E-state index in [1.165, 1.54) is 6.07 Å². The first-order valence-corrected chi connectivity index (χ1v) is 11.8. The number of Topliss-reactive ketones (excluding diaryl/α,β-unsaturated/α-hetero) is 1. The van der Waals surface area contributed by atoms with Gasteiger partial charge in [-0.25, -0.2) is 0 Å². The zero-order chi connectivity index (χ0) is 24.5. The Hall–Kier alpha value is -3.94. The molecule has 0 unspecified atom stereocenters. The van der Waals surface area contributed by atoms with Gasteiger partial charge in [-0.1, -0.05) is 48.0 Å². The topological polar surface area (TPSA) is 84.7 Å². The summed E-state index contributed by atoms with van der Waals surface area (Å²) in [5.74, 6) is -0.445. The number of thioether (sulfide) groups is 1. The molecule has 0 radical (unpaired) electrons. The molecule has 1 saturated heterocycles. The zero-order valence-electron chi connectivity index (χ0n) is 18.1. The van der Waals surface area contributed by atoms with E-state index in [0.29, 0.717) is 38.4 Å². The molecule has 172 valence electrons. The van der Waals surface area contributed by atoms with Crippen molar-refractivity contribution < 1.29 is 18.8 Å². The number of hydrogen-bond donors (Lipinski definition) is 0. The third-order valence-electron chi connectivity index (χ3n) is 5.47. The Morgan fingerprint density at radius 1 is 0.943 bits per heavy atom. The predicted octanol–water partition coefficient (Wildman–Crippen LogP) is 6.03. The molecule has 0 saturated carbocycles. The summed E-state index contributed by atoms with van der Waals surface area (Å²) in [4.78, 5) is 51.2. The van der Waals surface area contributed by atoms with E-state index in [1.54, 1.807) is 78.9 Å². The molecule has 3 aromatic carbocycles. The van der Waals surface area contributed by atoms with E-state index in [-0.39, 0.29) is 22.7 Å². The summed E-state index contributed by atoms with van der Waals surface area (Å²) in [6.45, 7) is -0.344. The van der Waals surface area contributed by atoms with Crippen molar-refractivity contribution in [1.82, 2.24) is 4.90 Å². The van der Waals surface area contributed by atoms with Crippen molar-refractivity contribution in [2.24, 2.45) is 0 Å². The summed E-state index contributed by atoms with van der Waals surface area (Å²) in [6, 6.07) is 21.8. The number of amides is 2. The number of carbonyl (C=O) groups is 3. The second-order valence-corrected chi connectivity index (χ2v) is 9.22. The molecule has 8 heteroatoms. The molecule has 5 rings (SSSR count). The first-order chi connectivity index (χ1) is 16.9. The highest BCUT2D eigenvalue weighted by molar-refractivity contribution is 8.18. The Bertz CT molecular complexity index is 1570. The second-order valence-electron chi connectivity index (χ2n) is 7.79. The summed E-state index contributed by atoms with van der Waals surface area (Å²) >= 11 is 6.63. The fourth-order valence-electron chi connectivity index (χ4n) is 3.65. The van der Waals surface area contributed by atoms with Crippen molar-refractivity contribution in [3.63, 3.8) is 0 Å². The Labute approximate surface area is 208 Å². The number of ketones is 1. The second kappa shape index (κ2) is 9.37. The van der Waals surface area contributed by atoms with Crippen LogP contribution in [0.5, 0.6) is 0 Å². The van der Waals surface area contributed by atoms with Gasteiger partial charge < -0.3 is 4.42 Å². The number of hydrogen-bond acceptors (Lipinski definition) is 6. The molecule has 1 fully saturated rings. The van der Waals surface area contributed by atoms with Crippen LogP contribution in [-0.2, 0) is 4.79 Å². The Kier molecular flexibility index (Phi) is 6.11. The minimum absolute atomic E-state index is 0.132. The van der Waals surface area contributed by atoms with E-state index in [4.69, 9.17) is 16.0 Å². The lowest BCUT2D eigenvalue weighted by atomic mass is 10.1. The lowest BCUT2D eigenvalue weighted by molar-refractivity contribution is -0.122. The monoisotopic (exact) mass is 501 g/mol. The molecule has 6 nitrogen and oxygen atoms in total. The number of carbonyl (C=O) groups excluding carboxylic acids is 3. The molecular weight excluding hydrogens is 486 g/mol. The van der Waals surface area contributed by atoms with Crippen LogP contribution in [0.2, 0.25) is 5.02 Å². The van der Waals surface area contributed by atoms with Gasteiger partial charge in [0, 0.05) is 22.2 Å². The van der Waals surface area contributed by atoms with Crippen LogP contribution in [0.1, 0.15) is 15.9 Å². The third kappa shape index (κ3) is 4.69. The van der Waals surface area contributed by atoms with E-state index in [1.807, 2.05) is 0 Å². The number of imide groups is 1. The van der Waals surface area contributed by atoms with Gasteiger partial charge in [0.25, 0.3) is 11.1 Å². The van der Waals surface area contributed by atoms with Crippen molar-refractivity contribution in [2.45, 2.75) is 0 Å². The number of benzene rings is 3. The lowest BCUT2D eigenvalue weighted by Gasteiger charge is -2.11. The summed E-state index contributed by atoms with van der Waals surface area (Å²) in [5.41, 5.74) is 2.13. The van der Waals surface area contributed by atoms with Gasteiger partial charge >= 0.3 is 0 Å². The van der Waals surface area contributed by atoms with Crippen molar-refractivity contribution in [3.8, 4) is 11.3 Å². The molecule has 1 aliphatic heterocycles. The predicted molar refractivity (Wildman–Crippen MR) is 136 cm³/mol. The lowest BCUT2D eigenvalue weighted by Crippen LogP contribution is -2.33. The van der Waals surface area contributed by atoms with Gasteiger partial charge in [-0.3, -0.25) is 24.1 Å². The van der Waals surface area contributed by atoms with Crippen molar-refractivity contribution in [3.05, 3.63) is 110 Å². The van der Waals surface area contributed by atoms with Crippen molar-refractivity contribution in [1.29, 1.82) is 0 Å². The van der Waals surface area contributed by atoms with Gasteiger partial charge in [0.15, 0.2) is 11.2 Å². The standard InChI is InChI=1S/C27H16ClNO5S/c28-19-11-9-17(10-12-19)22(31)15-29-26(32)25(35-27(29)33)13-16-5-7-18(8-6-16)24-14-21(30)20-3-1-2-4-23(20)34-24/h1-14H,15H2/b25-13-. The van der Waals surface area contributed by atoms with E-state index < -0.39 is 11.1 Å². The number of para-hydroxylation sites is 1. The van der Waals surface area contributed by atoms with Crippen LogP contribution < -0.4 is 5.43 Å². The maximum absolute atomic E-state index is 12.8. The molecule has 4 aromatic rings. The Morgan fingerprint density at radius 3 is 2.40 bits per heavy atom. The maximum Gasteiger partial charge on any atom is 0.293 e. The molecule has 2 heterocycles. The summed E-state index contributed by atoms with van der Waals surface area (Å²) in [5, 5.41) is 0.501. The van der Waals surface area contributed by atoms with E-state index in [0.717, 1.165) is 16.7 Å². The molecule has 0 N–H and O–H groups in total. The van der Waals surface area contributed by atoms with Gasteiger partial charge in [-0.05, 0) is 59.8 Å². The molecule has 0 spiro atoms. The largest absolute Gasteiger partial charge is 0.456 e. The summed E-state index contributed by atoms with van der Waals surface area (Å²) in [6.07, 6.45) is 1.60. The average Bonchev–Trinajstić information content (AvgIpc) is 3.12. The number of halogens is 1. The van der Waals surface area contributed by atoms with Crippen LogP contribution in [0.4, 0.5) is 4.79 Å². The van der Waals surface area contributed by atoms with Crippen molar-refractivity contribution in [2.75, 3.05) is 6.54 Å². The van der Waals surface area contributed by atoms with Crippen molar-refractivity contribution >= 4 is 57.3 Å². The molecule has 35 heavy (non-hydrogen) atoms. The van der Waals surface area contributed by atoms with Gasteiger partial charge in [0.2, 0.25) is 0 Å². The highest BCUT2D eigenvalue weighted by atomic mass is 35.5. The normalized spacial score (nSPS) is 14.8. The van der Waals surface area contributed by atoms with E-state index in [2.05, 4.69) is 0 Å². The first-order valence-electron chi connectivity index (χ1n) is 10.6. The van der Waals surface area contributed by atoms with Gasteiger partial charge in [0.05, 0.1) is 16.8 Å². The Balaban J connectivity index is 1.34. The highest BCUT2D eigenvalue weighted by Crippen LogP contribution is 2.33. The summed E-state index contributed by atoms with van der Waals surface area (Å²) in [7, 11) is 0. The number of rotatable bonds is 5. The smallest absolute Gasteiger partial charge is 0.293 e. The van der Waals surface area contributed by atoms with E-state index in [9.17, 15) is 19.2 Å². The zero-order valence-corrected chi connectivity index (χ0v) is 19.6. The quantitative estimate of drug-likeness (QED) is 0.245. The minimum Gasteiger partial charge on any atom is -0.456 e. The first kappa shape index (κ1) is 22.8. The summed E-state index contributed by atoms with van der Waals surface area (Å²) < 4.78 is 5.86. The number of nitrogens with zero attached hydrogens (tertiary/aromatic N) is 1. The molecule has 1 aromatic heterocycles. The Morgan fingerprint density at radius 2 is 1.66 bits per heavy atom. The van der Waals surface area contributed by atoms with Gasteiger partial charge in [-0.15, -0.1) is 0 Å². The molecule has 1 aliphatic rings. The van der Waals surface area contributed by atoms with Crippen LogP contribution in [0.3, 0.4) is 0 Å². The van der Waals surface area contributed by atoms with Crippen LogP contribution in [0.15, 0.2) is 93.0 Å². The molecule has 2 amide bonds. The molecule has 0 bridgehead atoms. The fourth-order valence-corrected chi connectivity index (χ4v) is 4.61. The third-order valence-corrected chi connectivity index (χ3v) is 6.63. The molecule has 0 aliphatic carbocycles. The molecular formula is C27H16ClNO5S. The SMILES string of the molecule is O=C(CN1C(=O)S/C(=C\c2ccc(-c3cc(=O)c4ccccc4o3)cc2)C1=O)c1ccc(Cl)cc1. The van der Waals surface area contributed by atoms with Crippen LogP contribution in [0.25, 0.3) is 28.4 Å². The average molecular weight is 502 g/mol. The number of fused-ring (bicyclic) bond motifs is 1. The van der Waals surface area contributed by atoms with Crippen LogP contribution >= 0.6 is 23.4 Å². The maximum atomic E-state index is 12.8. The fraction of sp³-hybridized carbons (Fsp3) is 0.0370. The van der Waals surface area contributed by atoms with Crippen LogP contribution in [0, 0.1) is 0 Å². The van der Waals surface area contributed by atoms with E-state index >= 15 is 0 Å². The van der Waals surface area contributed by atoms with Gasteiger partial charge in [0.1, 0.15) is 11.3 Å².